The number of ether oxygens (including phenoxy) is 1. The Kier molecular flexibility index (Phi) is 11.1. The second-order valence-corrected chi connectivity index (χ2v) is 12.7. The minimum absolute atomic E-state index is 0.0549. The van der Waals surface area contributed by atoms with Crippen LogP contribution in [0.5, 0.6) is 5.75 Å². The van der Waals surface area contributed by atoms with E-state index < -0.39 is 58.2 Å². The number of benzene rings is 1. The molecule has 0 saturated carbocycles. The molecular formula is C27H34N9O10S2+. The molecule has 0 bridgehead atoms. The maximum atomic E-state index is 13.2. The summed E-state index contributed by atoms with van der Waals surface area (Å²) >= 11 is 0.956. The Morgan fingerprint density at radius 2 is 1.94 bits per heavy atom. The van der Waals surface area contributed by atoms with Crippen molar-refractivity contribution in [3.05, 3.63) is 47.5 Å². The van der Waals surface area contributed by atoms with Gasteiger partial charge in [0, 0.05) is 28.7 Å². The molecule has 2 amide bonds. The number of oxime groups is 1. The maximum absolute atomic E-state index is 13.2. The Bertz CT molecular complexity index is 1800. The first-order valence-electron chi connectivity index (χ1n) is 14.1. The topological polar surface area (TPSA) is 275 Å². The lowest BCUT2D eigenvalue weighted by Crippen LogP contribution is -2.76. The number of hydrogen-bond donors (Lipinski definition) is 6. The van der Waals surface area contributed by atoms with Gasteiger partial charge in [-0.15, -0.1) is 15.6 Å². The van der Waals surface area contributed by atoms with Crippen LogP contribution in [0.3, 0.4) is 0 Å². The number of β-lactam (4-membered cyclic amide) rings is 1. The fourth-order valence-corrected chi connectivity index (χ4v) is 5.39. The van der Waals surface area contributed by atoms with Crippen molar-refractivity contribution >= 4 is 56.2 Å². The first-order valence-corrected chi connectivity index (χ1v) is 16.4. The van der Waals surface area contributed by atoms with E-state index in [4.69, 9.17) is 25.6 Å². The van der Waals surface area contributed by atoms with Gasteiger partial charge in [-0.3, -0.25) is 14.1 Å². The molecule has 21 heteroatoms. The van der Waals surface area contributed by atoms with Crippen molar-refractivity contribution in [2.45, 2.75) is 38.0 Å². The standard InChI is InChI=1S/C27H33N9O10S2/c1-27(2)22(24(38)36(27)46-48(41,42)43)32-23(37)21(17-14-47-26(29)31-17)34-45-19(25(39)40)13-44-16-7-5-15(6-8-16)18-9-10-20(33-35(18)3)30-12-4-11-28/h5-10,14,19,22H,4,11-13,28H2,1-3H3,(H5-,29,30,31,32,33,37,39,40,41,42,43)/p+1/b34-21-/t19-,22+/m0/s1. The summed E-state index contributed by atoms with van der Waals surface area (Å²) in [4.78, 5) is 46.9. The number of anilines is 2. The highest BCUT2D eigenvalue weighted by Crippen LogP contribution is 2.33. The molecule has 0 spiro atoms. The molecule has 0 unspecified atom stereocenters. The van der Waals surface area contributed by atoms with E-state index in [1.54, 1.807) is 36.0 Å². The average Bonchev–Trinajstić information content (AvgIpc) is 3.45. The molecular weight excluding hydrogens is 674 g/mol. The highest BCUT2D eigenvalue weighted by Gasteiger charge is 2.58. The predicted molar refractivity (Wildman–Crippen MR) is 170 cm³/mol. The third-order valence-corrected chi connectivity index (χ3v) is 7.90. The molecule has 19 nitrogen and oxygen atoms in total. The maximum Gasteiger partial charge on any atom is 0.418 e. The molecule has 2 aromatic heterocycles. The van der Waals surface area contributed by atoms with Crippen LogP contribution >= 0.6 is 11.3 Å². The van der Waals surface area contributed by atoms with Crippen molar-refractivity contribution in [1.29, 1.82) is 0 Å². The van der Waals surface area contributed by atoms with Gasteiger partial charge in [-0.25, -0.2) is 9.78 Å². The van der Waals surface area contributed by atoms with Crippen LogP contribution in [0.1, 0.15) is 26.0 Å². The molecule has 0 radical (unpaired) electrons. The van der Waals surface area contributed by atoms with Gasteiger partial charge in [-0.2, -0.15) is 13.5 Å². The molecule has 1 aromatic carbocycles. The van der Waals surface area contributed by atoms with Crippen LogP contribution in [0.2, 0.25) is 0 Å². The summed E-state index contributed by atoms with van der Waals surface area (Å²) < 4.78 is 42.8. The number of rotatable bonds is 16. The minimum atomic E-state index is -5.02. The Labute approximate surface area is 278 Å². The van der Waals surface area contributed by atoms with Gasteiger partial charge < -0.3 is 36.8 Å². The van der Waals surface area contributed by atoms with Crippen molar-refractivity contribution in [2.75, 3.05) is 30.7 Å². The zero-order valence-electron chi connectivity index (χ0n) is 25.9. The highest BCUT2D eigenvalue weighted by molar-refractivity contribution is 7.80. The third kappa shape index (κ3) is 8.68. The number of carbonyl (C=O) groups is 3. The van der Waals surface area contributed by atoms with E-state index in [-0.39, 0.29) is 10.8 Å². The minimum Gasteiger partial charge on any atom is -0.489 e. The van der Waals surface area contributed by atoms with Gasteiger partial charge in [-0.05, 0) is 57.1 Å². The molecule has 4 rings (SSSR count). The second-order valence-electron chi connectivity index (χ2n) is 10.8. The van der Waals surface area contributed by atoms with E-state index in [0.29, 0.717) is 29.7 Å². The fraction of sp³-hybridized carbons (Fsp3) is 0.370. The van der Waals surface area contributed by atoms with Gasteiger partial charge in [0.25, 0.3) is 17.9 Å². The van der Waals surface area contributed by atoms with E-state index in [2.05, 4.69) is 30.2 Å². The Hall–Kier alpha value is -4.96. The molecule has 0 aliphatic carbocycles. The largest absolute Gasteiger partial charge is 0.489 e. The molecule has 8 N–H and O–H groups in total. The van der Waals surface area contributed by atoms with Crippen molar-refractivity contribution in [3.63, 3.8) is 0 Å². The quantitative estimate of drug-likeness (QED) is 0.0272. The van der Waals surface area contributed by atoms with Gasteiger partial charge in [0.05, 0.1) is 5.54 Å². The molecule has 48 heavy (non-hydrogen) atoms. The van der Waals surface area contributed by atoms with Crippen LogP contribution in [0.15, 0.2) is 46.9 Å². The van der Waals surface area contributed by atoms with E-state index in [1.165, 1.54) is 19.2 Å². The van der Waals surface area contributed by atoms with Gasteiger partial charge in [0.15, 0.2) is 23.7 Å². The number of nitrogens with zero attached hydrogens (tertiary/aromatic N) is 5. The number of aryl methyl sites for hydroxylation is 1. The normalized spacial score (nSPS) is 16.5. The molecule has 258 valence electrons. The number of carboxylic acid groups (broad SMARTS) is 1. The van der Waals surface area contributed by atoms with E-state index in [1.807, 2.05) is 12.1 Å². The van der Waals surface area contributed by atoms with Crippen molar-refractivity contribution in [3.8, 4) is 17.0 Å². The molecule has 1 aliphatic heterocycles. The molecule has 1 aliphatic rings. The lowest BCUT2D eigenvalue weighted by atomic mass is 9.84. The Morgan fingerprint density at radius 3 is 2.50 bits per heavy atom. The summed E-state index contributed by atoms with van der Waals surface area (Å²) in [7, 11) is -3.22. The second kappa shape index (κ2) is 14.9. The number of thiazole rings is 1. The molecule has 1 fully saturated rings. The number of hydroxylamine groups is 2. The lowest BCUT2D eigenvalue weighted by Gasteiger charge is -2.50. The summed E-state index contributed by atoms with van der Waals surface area (Å²) in [6.07, 6.45) is -0.878. The number of carbonyl (C=O) groups excluding carboxylic acids is 2. The van der Waals surface area contributed by atoms with Gasteiger partial charge in [0.1, 0.15) is 24.1 Å². The summed E-state index contributed by atoms with van der Waals surface area (Å²) in [6, 6.07) is 9.21. The summed E-state index contributed by atoms with van der Waals surface area (Å²) in [5.41, 5.74) is 10.8. The Balaban J connectivity index is 1.43. The van der Waals surface area contributed by atoms with Gasteiger partial charge in [0.2, 0.25) is 5.69 Å². The number of nitrogens with one attached hydrogen (secondary N) is 2. The number of amides is 2. The van der Waals surface area contributed by atoms with E-state index >= 15 is 0 Å². The number of hydrogen-bond acceptors (Lipinski definition) is 15. The third-order valence-electron chi connectivity index (χ3n) is 6.89. The first-order chi connectivity index (χ1) is 22.6. The number of aliphatic carboxylic acids is 1. The highest BCUT2D eigenvalue weighted by atomic mass is 32.3. The number of nitrogen functional groups attached to an aromatic ring is 1. The van der Waals surface area contributed by atoms with E-state index in [0.717, 1.165) is 29.0 Å². The van der Waals surface area contributed by atoms with Crippen LogP contribution < -0.4 is 31.5 Å². The zero-order chi connectivity index (χ0) is 35.2. The summed E-state index contributed by atoms with van der Waals surface area (Å²) in [5, 5.41) is 25.3. The van der Waals surface area contributed by atoms with Crippen molar-refractivity contribution in [1.82, 2.24) is 20.5 Å². The first kappa shape index (κ1) is 35.9. The molecule has 1 saturated heterocycles. The monoisotopic (exact) mass is 708 g/mol. The van der Waals surface area contributed by atoms with E-state index in [9.17, 15) is 27.9 Å². The van der Waals surface area contributed by atoms with Crippen LogP contribution in [-0.4, -0.2) is 94.1 Å². The van der Waals surface area contributed by atoms with Crippen LogP contribution in [0.4, 0.5) is 10.9 Å². The lowest BCUT2D eigenvalue weighted by molar-refractivity contribution is -0.719. The van der Waals surface area contributed by atoms with Crippen LogP contribution in [-0.2, 0) is 41.0 Å². The molecule has 3 heterocycles. The summed E-state index contributed by atoms with van der Waals surface area (Å²) in [6.45, 7) is 3.48. The van der Waals surface area contributed by atoms with Gasteiger partial charge in [-0.1, -0.05) is 9.84 Å². The van der Waals surface area contributed by atoms with Crippen LogP contribution in [0.25, 0.3) is 11.3 Å². The number of nitrogens with two attached hydrogens (primary N) is 2. The van der Waals surface area contributed by atoms with Crippen molar-refractivity contribution < 1.29 is 51.0 Å². The van der Waals surface area contributed by atoms with Crippen molar-refractivity contribution in [2.24, 2.45) is 17.9 Å². The zero-order valence-corrected chi connectivity index (χ0v) is 27.5. The number of aromatic nitrogens is 3. The average molecular weight is 709 g/mol. The predicted octanol–water partition coefficient (Wildman–Crippen LogP) is -0.535. The number of carboxylic acids is 1. The van der Waals surface area contributed by atoms with Crippen LogP contribution in [0, 0.1) is 0 Å². The molecule has 3 aromatic rings. The SMILES string of the molecule is C[n+]1nc(NCCCN)ccc1-c1ccc(OC[C@H](O/N=C(\C(=O)N[C@@H]2C(=O)N(OS(=O)(=O)O)C2(C)C)c2csc(N)n2)C(=O)O)cc1. The van der Waals surface area contributed by atoms with Gasteiger partial charge >= 0.3 is 16.4 Å². The smallest absolute Gasteiger partial charge is 0.418 e. The summed E-state index contributed by atoms with van der Waals surface area (Å²) in [5.74, 6) is -2.46. The fourth-order valence-electron chi connectivity index (χ4n) is 4.39. The Morgan fingerprint density at radius 1 is 1.23 bits per heavy atom. The molecule has 2 atom stereocenters.